The van der Waals surface area contributed by atoms with Crippen LogP contribution in [0.25, 0.3) is 0 Å². The summed E-state index contributed by atoms with van der Waals surface area (Å²) in [7, 11) is 0. The molecular formula is C15H22N2O2S. The highest BCUT2D eigenvalue weighted by Crippen LogP contribution is 2.17. The van der Waals surface area contributed by atoms with Crippen LogP contribution in [-0.4, -0.2) is 34.5 Å². The van der Waals surface area contributed by atoms with Crippen molar-refractivity contribution in [1.29, 1.82) is 0 Å². The topological polar surface area (TPSA) is 55.6 Å². The largest absolute Gasteiger partial charge is 0.491 e. The summed E-state index contributed by atoms with van der Waals surface area (Å²) in [5.74, 6) is 0.590. The first kappa shape index (κ1) is 16.4. The van der Waals surface area contributed by atoms with E-state index in [0.29, 0.717) is 16.3 Å². The fourth-order valence-corrected chi connectivity index (χ4v) is 1.94. The Balaban J connectivity index is 2.96. The van der Waals surface area contributed by atoms with E-state index in [2.05, 4.69) is 0 Å². The van der Waals surface area contributed by atoms with Gasteiger partial charge in [-0.25, -0.2) is 0 Å². The number of benzene rings is 1. The van der Waals surface area contributed by atoms with Crippen LogP contribution in [-0.2, 0) is 0 Å². The lowest BCUT2D eigenvalue weighted by atomic mass is 10.1. The van der Waals surface area contributed by atoms with Gasteiger partial charge in [-0.2, -0.15) is 0 Å². The Morgan fingerprint density at radius 3 is 2.50 bits per heavy atom. The van der Waals surface area contributed by atoms with Gasteiger partial charge in [-0.3, -0.25) is 4.79 Å². The van der Waals surface area contributed by atoms with Gasteiger partial charge >= 0.3 is 0 Å². The SMILES string of the molecule is CC(C)Oc1cccc(C(=O)N(CC(N)=S)C(C)C)c1. The van der Waals surface area contributed by atoms with Gasteiger partial charge in [0.25, 0.3) is 5.91 Å². The second-order valence-electron chi connectivity index (χ2n) is 5.19. The monoisotopic (exact) mass is 294 g/mol. The maximum Gasteiger partial charge on any atom is 0.254 e. The minimum absolute atomic E-state index is 0.0265. The molecule has 0 radical (unpaired) electrons. The molecule has 0 unspecified atom stereocenters. The van der Waals surface area contributed by atoms with Crippen molar-refractivity contribution in [2.45, 2.75) is 39.8 Å². The molecule has 0 saturated carbocycles. The van der Waals surface area contributed by atoms with Crippen LogP contribution in [0, 0.1) is 0 Å². The molecule has 1 aromatic carbocycles. The number of hydrogen-bond donors (Lipinski definition) is 1. The molecular weight excluding hydrogens is 272 g/mol. The number of thiocarbonyl (C=S) groups is 1. The van der Waals surface area contributed by atoms with Crippen molar-refractivity contribution in [3.05, 3.63) is 29.8 Å². The standard InChI is InChI=1S/C15H22N2O2S/c1-10(2)17(9-14(16)20)15(18)12-6-5-7-13(8-12)19-11(3)4/h5-8,10-11H,9H2,1-4H3,(H2,16,20). The second kappa shape index (κ2) is 7.24. The molecule has 1 rings (SSSR count). The first-order valence-electron chi connectivity index (χ1n) is 6.67. The highest BCUT2D eigenvalue weighted by Gasteiger charge is 2.19. The smallest absolute Gasteiger partial charge is 0.254 e. The number of nitrogens with zero attached hydrogens (tertiary/aromatic N) is 1. The fraction of sp³-hybridized carbons (Fsp3) is 0.467. The highest BCUT2D eigenvalue weighted by molar-refractivity contribution is 7.80. The van der Waals surface area contributed by atoms with Gasteiger partial charge in [0.1, 0.15) is 5.75 Å². The number of carbonyl (C=O) groups excluding carboxylic acids is 1. The van der Waals surface area contributed by atoms with Crippen LogP contribution in [0.2, 0.25) is 0 Å². The summed E-state index contributed by atoms with van der Waals surface area (Å²) in [4.78, 5) is 14.5. The van der Waals surface area contributed by atoms with Crippen molar-refractivity contribution in [2.75, 3.05) is 6.54 Å². The molecule has 0 spiro atoms. The summed E-state index contributed by atoms with van der Waals surface area (Å²) in [6, 6.07) is 7.19. The summed E-state index contributed by atoms with van der Waals surface area (Å²) in [5, 5.41) is 0. The molecule has 0 heterocycles. The summed E-state index contributed by atoms with van der Waals surface area (Å²) >= 11 is 4.90. The highest BCUT2D eigenvalue weighted by atomic mass is 32.1. The molecule has 5 heteroatoms. The van der Waals surface area contributed by atoms with Crippen molar-refractivity contribution in [2.24, 2.45) is 5.73 Å². The Kier molecular flexibility index (Phi) is 5.95. The summed E-state index contributed by atoms with van der Waals surface area (Å²) in [6.45, 7) is 8.04. The zero-order valence-corrected chi connectivity index (χ0v) is 13.2. The van der Waals surface area contributed by atoms with Crippen molar-refractivity contribution >= 4 is 23.1 Å². The van der Waals surface area contributed by atoms with E-state index in [-0.39, 0.29) is 24.6 Å². The van der Waals surface area contributed by atoms with Crippen molar-refractivity contribution in [3.8, 4) is 5.75 Å². The Morgan fingerprint density at radius 2 is 2.00 bits per heavy atom. The normalized spacial score (nSPS) is 10.7. The molecule has 1 amide bonds. The number of hydrogen-bond acceptors (Lipinski definition) is 3. The first-order chi connectivity index (χ1) is 9.31. The third kappa shape index (κ3) is 4.81. The van der Waals surface area contributed by atoms with Crippen LogP contribution >= 0.6 is 12.2 Å². The molecule has 0 aliphatic heterocycles. The predicted octanol–water partition coefficient (Wildman–Crippen LogP) is 2.61. The van der Waals surface area contributed by atoms with Gasteiger partial charge in [-0.1, -0.05) is 18.3 Å². The lowest BCUT2D eigenvalue weighted by Crippen LogP contribution is -2.42. The van der Waals surface area contributed by atoms with Crippen LogP contribution in [0.1, 0.15) is 38.1 Å². The minimum atomic E-state index is -0.0954. The molecule has 110 valence electrons. The predicted molar refractivity (Wildman–Crippen MR) is 85.2 cm³/mol. The van der Waals surface area contributed by atoms with Gasteiger partial charge in [0.15, 0.2) is 0 Å². The van der Waals surface area contributed by atoms with Gasteiger partial charge in [-0.05, 0) is 45.9 Å². The van der Waals surface area contributed by atoms with Crippen LogP contribution in [0.5, 0.6) is 5.75 Å². The molecule has 0 aliphatic carbocycles. The number of amides is 1. The van der Waals surface area contributed by atoms with E-state index in [0.717, 1.165) is 0 Å². The molecule has 0 fully saturated rings. The quantitative estimate of drug-likeness (QED) is 0.819. The molecule has 0 atom stereocenters. The summed E-state index contributed by atoms with van der Waals surface area (Å²) in [6.07, 6.45) is 0.0678. The third-order valence-corrected chi connectivity index (χ3v) is 2.79. The van der Waals surface area contributed by atoms with Gasteiger partial charge in [0.05, 0.1) is 17.6 Å². The molecule has 1 aromatic rings. The van der Waals surface area contributed by atoms with E-state index >= 15 is 0 Å². The van der Waals surface area contributed by atoms with E-state index < -0.39 is 0 Å². The number of ether oxygens (including phenoxy) is 1. The van der Waals surface area contributed by atoms with Crippen LogP contribution in [0.4, 0.5) is 0 Å². The van der Waals surface area contributed by atoms with Crippen molar-refractivity contribution in [1.82, 2.24) is 4.90 Å². The average Bonchev–Trinajstić information content (AvgIpc) is 2.34. The molecule has 20 heavy (non-hydrogen) atoms. The third-order valence-electron chi connectivity index (χ3n) is 2.66. The summed E-state index contributed by atoms with van der Waals surface area (Å²) < 4.78 is 5.61. The lowest BCUT2D eigenvalue weighted by molar-refractivity contribution is 0.0735. The maximum absolute atomic E-state index is 12.5. The van der Waals surface area contributed by atoms with E-state index in [1.54, 1.807) is 17.0 Å². The molecule has 0 saturated heterocycles. The van der Waals surface area contributed by atoms with E-state index in [1.807, 2.05) is 39.8 Å². The lowest BCUT2D eigenvalue weighted by Gasteiger charge is -2.26. The zero-order valence-electron chi connectivity index (χ0n) is 12.4. The second-order valence-corrected chi connectivity index (χ2v) is 5.71. The Labute approximate surface area is 125 Å². The molecule has 0 bridgehead atoms. The Morgan fingerprint density at radius 1 is 1.35 bits per heavy atom. The Bertz CT molecular complexity index is 487. The minimum Gasteiger partial charge on any atom is -0.491 e. The number of nitrogens with two attached hydrogens (primary N) is 1. The Hall–Kier alpha value is -1.62. The first-order valence-corrected chi connectivity index (χ1v) is 7.08. The molecule has 4 nitrogen and oxygen atoms in total. The van der Waals surface area contributed by atoms with Gasteiger partial charge in [-0.15, -0.1) is 0 Å². The number of rotatable bonds is 6. The van der Waals surface area contributed by atoms with E-state index in [9.17, 15) is 4.79 Å². The maximum atomic E-state index is 12.5. The van der Waals surface area contributed by atoms with Gasteiger partial charge < -0.3 is 15.4 Å². The average molecular weight is 294 g/mol. The summed E-state index contributed by atoms with van der Waals surface area (Å²) in [5.41, 5.74) is 6.13. The van der Waals surface area contributed by atoms with Gasteiger partial charge in [0, 0.05) is 11.6 Å². The molecule has 2 N–H and O–H groups in total. The van der Waals surface area contributed by atoms with E-state index in [1.165, 1.54) is 0 Å². The van der Waals surface area contributed by atoms with Crippen molar-refractivity contribution in [3.63, 3.8) is 0 Å². The van der Waals surface area contributed by atoms with Crippen LogP contribution in [0.15, 0.2) is 24.3 Å². The van der Waals surface area contributed by atoms with Crippen LogP contribution in [0.3, 0.4) is 0 Å². The number of carbonyl (C=O) groups is 1. The van der Waals surface area contributed by atoms with Crippen LogP contribution < -0.4 is 10.5 Å². The fourth-order valence-electron chi connectivity index (χ4n) is 1.80. The van der Waals surface area contributed by atoms with Gasteiger partial charge in [0.2, 0.25) is 0 Å². The molecule has 0 aliphatic rings. The van der Waals surface area contributed by atoms with Crippen molar-refractivity contribution < 1.29 is 9.53 Å². The van der Waals surface area contributed by atoms with E-state index in [4.69, 9.17) is 22.7 Å². The zero-order chi connectivity index (χ0) is 15.3. The molecule has 0 aromatic heterocycles.